The van der Waals surface area contributed by atoms with E-state index < -0.39 is 6.10 Å². The molecule has 1 atom stereocenters. The summed E-state index contributed by atoms with van der Waals surface area (Å²) in [5, 5.41) is 10.3. The molecule has 0 aliphatic carbocycles. The molecule has 0 radical (unpaired) electrons. The van der Waals surface area contributed by atoms with Gasteiger partial charge in [0.05, 0.1) is 13.2 Å². The first-order valence-electron chi connectivity index (χ1n) is 5.86. The van der Waals surface area contributed by atoms with Gasteiger partial charge < -0.3 is 9.84 Å². The number of aliphatic hydroxyl groups is 1. The molecule has 1 unspecified atom stereocenters. The molecule has 19 heavy (non-hydrogen) atoms. The number of ether oxygens (including phenoxy) is 1. The zero-order valence-corrected chi connectivity index (χ0v) is 14.2. The van der Waals surface area contributed by atoms with E-state index in [1.807, 2.05) is 42.5 Å². The summed E-state index contributed by atoms with van der Waals surface area (Å²) in [6.45, 7) is 0. The van der Waals surface area contributed by atoms with Crippen molar-refractivity contribution in [1.29, 1.82) is 0 Å². The van der Waals surface area contributed by atoms with Crippen LogP contribution in [0.3, 0.4) is 0 Å². The highest BCUT2D eigenvalue weighted by Gasteiger charge is 2.11. The van der Waals surface area contributed by atoms with Crippen molar-refractivity contribution in [1.82, 2.24) is 0 Å². The molecule has 0 heterocycles. The van der Waals surface area contributed by atoms with Gasteiger partial charge >= 0.3 is 0 Å². The minimum atomic E-state index is -0.514. The molecule has 2 nitrogen and oxygen atoms in total. The zero-order valence-electron chi connectivity index (χ0n) is 10.4. The fourth-order valence-electron chi connectivity index (χ4n) is 1.85. The van der Waals surface area contributed by atoms with Crippen molar-refractivity contribution in [2.75, 3.05) is 7.11 Å². The Kier molecular flexibility index (Phi) is 5.24. The average Bonchev–Trinajstić information content (AvgIpc) is 2.42. The van der Waals surface area contributed by atoms with Gasteiger partial charge in [-0.2, -0.15) is 0 Å². The molecule has 0 aliphatic rings. The van der Waals surface area contributed by atoms with E-state index in [-0.39, 0.29) is 0 Å². The molecular formula is C15H14BrIO2. The Morgan fingerprint density at radius 3 is 2.53 bits per heavy atom. The summed E-state index contributed by atoms with van der Waals surface area (Å²) in [6, 6.07) is 13.7. The predicted octanol–water partition coefficient (Wildman–Crippen LogP) is 4.34. The topological polar surface area (TPSA) is 29.5 Å². The smallest absolute Gasteiger partial charge is 0.119 e. The summed E-state index contributed by atoms with van der Waals surface area (Å²) in [5.74, 6) is 0.799. The molecule has 4 heteroatoms. The van der Waals surface area contributed by atoms with E-state index in [4.69, 9.17) is 4.74 Å². The number of rotatable bonds is 4. The number of methoxy groups -OCH3 is 1. The second-order valence-electron chi connectivity index (χ2n) is 4.23. The average molecular weight is 433 g/mol. The molecule has 1 N–H and O–H groups in total. The lowest BCUT2D eigenvalue weighted by molar-refractivity contribution is 0.178. The van der Waals surface area contributed by atoms with Crippen LogP contribution in [0.4, 0.5) is 0 Å². The van der Waals surface area contributed by atoms with Crippen LogP contribution in [0.1, 0.15) is 17.2 Å². The molecule has 0 fully saturated rings. The van der Waals surface area contributed by atoms with Gasteiger partial charge in [0.2, 0.25) is 0 Å². The summed E-state index contributed by atoms with van der Waals surface area (Å²) in [4.78, 5) is 0. The van der Waals surface area contributed by atoms with Crippen molar-refractivity contribution in [2.24, 2.45) is 0 Å². The molecule has 0 spiro atoms. The molecule has 0 amide bonds. The summed E-state index contributed by atoms with van der Waals surface area (Å²) in [6.07, 6.45) is 0.0404. The third kappa shape index (κ3) is 3.94. The summed E-state index contributed by atoms with van der Waals surface area (Å²) in [5.41, 5.74) is 1.96. The highest BCUT2D eigenvalue weighted by molar-refractivity contribution is 14.1. The van der Waals surface area contributed by atoms with Crippen molar-refractivity contribution >= 4 is 38.5 Å². The van der Waals surface area contributed by atoms with E-state index in [0.717, 1.165) is 24.9 Å². The van der Waals surface area contributed by atoms with Gasteiger partial charge in [-0.25, -0.2) is 0 Å². The predicted molar refractivity (Wildman–Crippen MR) is 88.5 cm³/mol. The highest BCUT2D eigenvalue weighted by atomic mass is 127. The first-order chi connectivity index (χ1) is 9.10. The van der Waals surface area contributed by atoms with Crippen molar-refractivity contribution in [3.8, 4) is 5.75 Å². The monoisotopic (exact) mass is 432 g/mol. The SMILES string of the molecule is COc1ccc(Br)c(CC(O)c2ccc(I)cc2)c1. The van der Waals surface area contributed by atoms with E-state index in [0.29, 0.717) is 6.42 Å². The number of halogens is 2. The van der Waals surface area contributed by atoms with E-state index in [9.17, 15) is 5.11 Å². The minimum Gasteiger partial charge on any atom is -0.497 e. The molecule has 2 aromatic rings. The number of benzene rings is 2. The molecule has 0 aromatic heterocycles. The maximum atomic E-state index is 10.3. The van der Waals surface area contributed by atoms with Crippen LogP contribution in [-0.4, -0.2) is 12.2 Å². The Morgan fingerprint density at radius 1 is 1.21 bits per heavy atom. The minimum absolute atomic E-state index is 0.514. The molecule has 0 aliphatic heterocycles. The van der Waals surface area contributed by atoms with Crippen molar-refractivity contribution in [3.05, 3.63) is 61.6 Å². The second-order valence-corrected chi connectivity index (χ2v) is 6.33. The summed E-state index contributed by atoms with van der Waals surface area (Å²) in [7, 11) is 1.64. The first kappa shape index (κ1) is 14.8. The van der Waals surface area contributed by atoms with Gasteiger partial charge in [-0.05, 0) is 64.0 Å². The lowest BCUT2D eigenvalue weighted by Gasteiger charge is -2.13. The fraction of sp³-hybridized carbons (Fsp3) is 0.200. The van der Waals surface area contributed by atoms with E-state index in [1.54, 1.807) is 7.11 Å². The number of hydrogen-bond acceptors (Lipinski definition) is 2. The van der Waals surface area contributed by atoms with Crippen LogP contribution in [0.15, 0.2) is 46.9 Å². The quantitative estimate of drug-likeness (QED) is 0.728. The third-order valence-electron chi connectivity index (χ3n) is 2.92. The van der Waals surface area contributed by atoms with Crippen LogP contribution in [0.25, 0.3) is 0 Å². The van der Waals surface area contributed by atoms with Crippen LogP contribution in [-0.2, 0) is 6.42 Å². The molecule has 2 aromatic carbocycles. The first-order valence-corrected chi connectivity index (χ1v) is 7.73. The molecule has 2 rings (SSSR count). The summed E-state index contributed by atoms with van der Waals surface area (Å²) < 4.78 is 7.36. The Balaban J connectivity index is 2.18. The van der Waals surface area contributed by atoms with Gasteiger partial charge in [0, 0.05) is 14.5 Å². The summed E-state index contributed by atoms with van der Waals surface area (Å²) >= 11 is 5.76. The lowest BCUT2D eigenvalue weighted by atomic mass is 10.0. The van der Waals surface area contributed by atoms with Crippen LogP contribution >= 0.6 is 38.5 Å². The van der Waals surface area contributed by atoms with Crippen LogP contribution in [0.5, 0.6) is 5.75 Å². The van der Waals surface area contributed by atoms with Crippen LogP contribution in [0.2, 0.25) is 0 Å². The van der Waals surface area contributed by atoms with Gasteiger partial charge in [0.25, 0.3) is 0 Å². The molecule has 0 bridgehead atoms. The molecular weight excluding hydrogens is 419 g/mol. The van der Waals surface area contributed by atoms with Crippen molar-refractivity contribution < 1.29 is 9.84 Å². The van der Waals surface area contributed by atoms with Gasteiger partial charge in [0.1, 0.15) is 5.75 Å². The zero-order chi connectivity index (χ0) is 13.8. The second kappa shape index (κ2) is 6.72. The van der Waals surface area contributed by atoms with Gasteiger partial charge in [-0.1, -0.05) is 28.1 Å². The molecule has 0 saturated carbocycles. The maximum Gasteiger partial charge on any atom is 0.119 e. The Hall–Kier alpha value is -0.590. The Morgan fingerprint density at radius 2 is 1.89 bits per heavy atom. The van der Waals surface area contributed by atoms with Gasteiger partial charge in [-0.15, -0.1) is 0 Å². The Bertz CT molecular complexity index is 555. The van der Waals surface area contributed by atoms with E-state index >= 15 is 0 Å². The number of aliphatic hydroxyl groups excluding tert-OH is 1. The van der Waals surface area contributed by atoms with Crippen molar-refractivity contribution in [2.45, 2.75) is 12.5 Å². The van der Waals surface area contributed by atoms with Crippen LogP contribution in [0, 0.1) is 3.57 Å². The van der Waals surface area contributed by atoms with Crippen LogP contribution < -0.4 is 4.74 Å². The normalized spacial score (nSPS) is 12.2. The van der Waals surface area contributed by atoms with E-state index in [1.165, 1.54) is 0 Å². The van der Waals surface area contributed by atoms with Crippen molar-refractivity contribution in [3.63, 3.8) is 0 Å². The Labute approximate surface area is 135 Å². The van der Waals surface area contributed by atoms with E-state index in [2.05, 4.69) is 38.5 Å². The molecule has 100 valence electrons. The fourth-order valence-corrected chi connectivity index (χ4v) is 2.61. The molecule has 0 saturated heterocycles. The third-order valence-corrected chi connectivity index (χ3v) is 4.41. The standard InChI is InChI=1S/C15H14BrIO2/c1-19-13-6-7-14(16)11(8-13)9-15(18)10-2-4-12(17)5-3-10/h2-8,15,18H,9H2,1H3. The lowest BCUT2D eigenvalue weighted by Crippen LogP contribution is -2.02. The van der Waals surface area contributed by atoms with Gasteiger partial charge in [0.15, 0.2) is 0 Å². The maximum absolute atomic E-state index is 10.3. The largest absolute Gasteiger partial charge is 0.497 e. The highest BCUT2D eigenvalue weighted by Crippen LogP contribution is 2.27. The number of hydrogen-bond donors (Lipinski definition) is 1. The van der Waals surface area contributed by atoms with Gasteiger partial charge in [-0.3, -0.25) is 0 Å².